The maximum absolute atomic E-state index is 13.1. The summed E-state index contributed by atoms with van der Waals surface area (Å²) < 4.78 is 14.0. The van der Waals surface area contributed by atoms with Crippen LogP contribution in [0.3, 0.4) is 0 Å². The third kappa shape index (κ3) is 1.97. The van der Waals surface area contributed by atoms with Crippen molar-refractivity contribution in [2.45, 2.75) is 6.04 Å². The molecule has 86 valence electrons. The lowest BCUT2D eigenvalue weighted by molar-refractivity contribution is 0.629. The fraction of sp³-hybridized carbons (Fsp3) is 0.0833. The van der Waals surface area contributed by atoms with E-state index in [-0.39, 0.29) is 11.9 Å². The maximum Gasteiger partial charge on any atom is 0.125 e. The number of aromatic nitrogens is 1. The molecule has 0 amide bonds. The number of hydrogen-bond acceptors (Lipinski definition) is 4. The second kappa shape index (κ2) is 4.18. The fourth-order valence-corrected chi connectivity index (χ4v) is 3.41. The molecule has 17 heavy (non-hydrogen) atoms. The number of rotatable bonds is 2. The molecular weight excluding hydrogens is 255 g/mol. The minimum Gasteiger partial charge on any atom is -0.318 e. The van der Waals surface area contributed by atoms with Crippen LogP contribution in [0.25, 0.3) is 10.2 Å². The van der Waals surface area contributed by atoms with Crippen LogP contribution >= 0.6 is 22.7 Å². The van der Waals surface area contributed by atoms with Crippen molar-refractivity contribution in [3.8, 4) is 0 Å². The molecule has 0 aliphatic heterocycles. The maximum atomic E-state index is 13.1. The molecule has 2 heterocycles. The third-order valence-corrected chi connectivity index (χ3v) is 4.56. The van der Waals surface area contributed by atoms with Crippen LogP contribution in [0.5, 0.6) is 0 Å². The second-order valence-corrected chi connectivity index (χ2v) is 5.70. The van der Waals surface area contributed by atoms with Crippen LogP contribution in [-0.4, -0.2) is 4.98 Å². The lowest BCUT2D eigenvalue weighted by atomic mass is 10.2. The molecule has 2 aromatic heterocycles. The molecular formula is C12H9FN2S2. The fourth-order valence-electron chi connectivity index (χ4n) is 1.64. The van der Waals surface area contributed by atoms with Crippen molar-refractivity contribution < 1.29 is 4.39 Å². The number of nitrogens with zero attached hydrogens (tertiary/aromatic N) is 1. The topological polar surface area (TPSA) is 38.9 Å². The molecule has 5 heteroatoms. The molecule has 0 bridgehead atoms. The average molecular weight is 264 g/mol. The van der Waals surface area contributed by atoms with E-state index >= 15 is 0 Å². The van der Waals surface area contributed by atoms with Gasteiger partial charge in [0.1, 0.15) is 10.8 Å². The number of nitrogens with two attached hydrogens (primary N) is 1. The molecule has 2 nitrogen and oxygen atoms in total. The summed E-state index contributed by atoms with van der Waals surface area (Å²) in [7, 11) is 0. The number of thiazole rings is 1. The first-order valence-electron chi connectivity index (χ1n) is 5.09. The summed E-state index contributed by atoms with van der Waals surface area (Å²) in [5.74, 6) is -0.265. The van der Waals surface area contributed by atoms with Gasteiger partial charge in [-0.15, -0.1) is 22.7 Å². The Kier molecular flexibility index (Phi) is 2.66. The molecule has 0 fully saturated rings. The van der Waals surface area contributed by atoms with Crippen LogP contribution in [-0.2, 0) is 0 Å². The number of fused-ring (bicyclic) bond motifs is 1. The van der Waals surface area contributed by atoms with Gasteiger partial charge in [-0.25, -0.2) is 9.37 Å². The number of thiophene rings is 1. The highest BCUT2D eigenvalue weighted by Gasteiger charge is 2.15. The van der Waals surface area contributed by atoms with Crippen molar-refractivity contribution in [2.75, 3.05) is 0 Å². The number of halogens is 1. The van der Waals surface area contributed by atoms with E-state index in [9.17, 15) is 4.39 Å². The Morgan fingerprint density at radius 3 is 2.94 bits per heavy atom. The first-order chi connectivity index (χ1) is 8.24. The monoisotopic (exact) mass is 264 g/mol. The van der Waals surface area contributed by atoms with Gasteiger partial charge in [-0.1, -0.05) is 6.07 Å². The Bertz CT molecular complexity index is 646. The van der Waals surface area contributed by atoms with E-state index < -0.39 is 0 Å². The van der Waals surface area contributed by atoms with Gasteiger partial charge in [0.05, 0.1) is 16.3 Å². The highest BCUT2D eigenvalue weighted by atomic mass is 32.1. The van der Waals surface area contributed by atoms with Crippen molar-refractivity contribution >= 4 is 32.9 Å². The van der Waals surface area contributed by atoms with Crippen molar-refractivity contribution in [2.24, 2.45) is 5.73 Å². The van der Waals surface area contributed by atoms with E-state index in [4.69, 9.17) is 5.73 Å². The number of benzene rings is 1. The van der Waals surface area contributed by atoms with Gasteiger partial charge in [0.15, 0.2) is 0 Å². The minimum absolute atomic E-state index is 0.213. The quantitative estimate of drug-likeness (QED) is 0.769. The van der Waals surface area contributed by atoms with Crippen molar-refractivity contribution in [1.82, 2.24) is 4.98 Å². The Morgan fingerprint density at radius 2 is 2.18 bits per heavy atom. The van der Waals surface area contributed by atoms with E-state index in [1.54, 1.807) is 17.4 Å². The summed E-state index contributed by atoms with van der Waals surface area (Å²) >= 11 is 3.12. The molecule has 3 aromatic rings. The number of hydrogen-bond donors (Lipinski definition) is 1. The highest BCUT2D eigenvalue weighted by molar-refractivity contribution is 7.18. The van der Waals surface area contributed by atoms with Gasteiger partial charge in [0.2, 0.25) is 0 Å². The molecule has 0 saturated heterocycles. The van der Waals surface area contributed by atoms with Gasteiger partial charge in [0, 0.05) is 10.9 Å². The summed E-state index contributed by atoms with van der Waals surface area (Å²) in [6.07, 6.45) is 0. The van der Waals surface area contributed by atoms with Crippen molar-refractivity contribution in [3.05, 3.63) is 51.4 Å². The summed E-state index contributed by atoms with van der Waals surface area (Å²) in [5, 5.41) is 2.82. The van der Waals surface area contributed by atoms with Crippen molar-refractivity contribution in [3.63, 3.8) is 0 Å². The van der Waals surface area contributed by atoms with E-state index in [0.29, 0.717) is 5.52 Å². The van der Waals surface area contributed by atoms with Crippen LogP contribution in [0.2, 0.25) is 0 Å². The molecule has 0 spiro atoms. The zero-order valence-electron chi connectivity index (χ0n) is 8.76. The van der Waals surface area contributed by atoms with Gasteiger partial charge in [-0.05, 0) is 23.6 Å². The summed E-state index contributed by atoms with van der Waals surface area (Å²) in [6, 6.07) is 8.37. The highest BCUT2D eigenvalue weighted by Crippen LogP contribution is 2.30. The molecule has 1 aromatic carbocycles. The third-order valence-electron chi connectivity index (χ3n) is 2.48. The van der Waals surface area contributed by atoms with Crippen LogP contribution in [0.15, 0.2) is 35.7 Å². The normalized spacial score (nSPS) is 13.1. The van der Waals surface area contributed by atoms with Crippen LogP contribution < -0.4 is 5.73 Å². The SMILES string of the molecule is NC(c1cccs1)c1nc2cc(F)ccc2s1. The molecule has 1 atom stereocenters. The summed E-state index contributed by atoms with van der Waals surface area (Å²) in [4.78, 5) is 5.46. The smallest absolute Gasteiger partial charge is 0.125 e. The van der Waals surface area contributed by atoms with Crippen LogP contribution in [0, 0.1) is 5.82 Å². The minimum atomic E-state index is -0.265. The van der Waals surface area contributed by atoms with Gasteiger partial charge in [-0.3, -0.25) is 0 Å². The van der Waals surface area contributed by atoms with Crippen LogP contribution in [0.1, 0.15) is 15.9 Å². The first kappa shape index (κ1) is 10.8. The molecule has 3 rings (SSSR count). The van der Waals surface area contributed by atoms with Gasteiger partial charge < -0.3 is 5.73 Å². The van der Waals surface area contributed by atoms with E-state index in [0.717, 1.165) is 14.6 Å². The predicted octanol–water partition coefficient (Wildman–Crippen LogP) is 3.55. The van der Waals surface area contributed by atoms with Gasteiger partial charge in [-0.2, -0.15) is 0 Å². The summed E-state index contributed by atoms with van der Waals surface area (Å²) in [6.45, 7) is 0. The zero-order chi connectivity index (χ0) is 11.8. The lowest BCUT2D eigenvalue weighted by Crippen LogP contribution is -2.09. The molecule has 0 aliphatic carbocycles. The Hall–Kier alpha value is -1.30. The van der Waals surface area contributed by atoms with Gasteiger partial charge in [0.25, 0.3) is 0 Å². The standard InChI is InChI=1S/C12H9FN2S2/c13-7-3-4-9-8(6-7)15-12(17-9)11(14)10-2-1-5-16-10/h1-6,11H,14H2. The summed E-state index contributed by atoms with van der Waals surface area (Å²) in [5.41, 5.74) is 6.81. The van der Waals surface area contributed by atoms with E-state index in [1.807, 2.05) is 17.5 Å². The average Bonchev–Trinajstić information content (AvgIpc) is 2.96. The van der Waals surface area contributed by atoms with Gasteiger partial charge >= 0.3 is 0 Å². The Balaban J connectivity index is 2.06. The Morgan fingerprint density at radius 1 is 1.29 bits per heavy atom. The molecule has 2 N–H and O–H groups in total. The molecule has 0 aliphatic rings. The predicted molar refractivity (Wildman–Crippen MR) is 69.9 cm³/mol. The van der Waals surface area contributed by atoms with Crippen molar-refractivity contribution in [1.29, 1.82) is 0 Å². The Labute approximate surface area is 106 Å². The lowest BCUT2D eigenvalue weighted by Gasteiger charge is -2.03. The largest absolute Gasteiger partial charge is 0.318 e. The molecule has 0 radical (unpaired) electrons. The molecule has 0 saturated carbocycles. The van der Waals surface area contributed by atoms with E-state index in [2.05, 4.69) is 4.98 Å². The second-order valence-electron chi connectivity index (χ2n) is 3.66. The first-order valence-corrected chi connectivity index (χ1v) is 6.78. The zero-order valence-corrected chi connectivity index (χ0v) is 10.4. The van der Waals surface area contributed by atoms with Crippen LogP contribution in [0.4, 0.5) is 4.39 Å². The van der Waals surface area contributed by atoms with E-state index in [1.165, 1.54) is 23.5 Å². The molecule has 1 unspecified atom stereocenters.